The van der Waals surface area contributed by atoms with Crippen LogP contribution in [0.3, 0.4) is 0 Å². The average Bonchev–Trinajstić information content (AvgIpc) is 2.65. The quantitative estimate of drug-likeness (QED) is 0.704. The van der Waals surface area contributed by atoms with Gasteiger partial charge in [0.25, 0.3) is 0 Å². The minimum absolute atomic E-state index is 0.125. The fraction of sp³-hybridized carbons (Fsp3) is 0.316. The highest BCUT2D eigenvalue weighted by Crippen LogP contribution is 2.22. The van der Waals surface area contributed by atoms with Crippen molar-refractivity contribution in [3.63, 3.8) is 0 Å². The number of sulfonamides is 1. The molecule has 0 aliphatic rings. The van der Waals surface area contributed by atoms with Gasteiger partial charge in [-0.1, -0.05) is 18.2 Å². The lowest BCUT2D eigenvalue weighted by Crippen LogP contribution is -2.38. The molecule has 0 fully saturated rings. The Morgan fingerprint density at radius 1 is 1.04 bits per heavy atom. The van der Waals surface area contributed by atoms with Crippen LogP contribution in [0.15, 0.2) is 48.5 Å². The first-order valence-electron chi connectivity index (χ1n) is 8.35. The minimum atomic E-state index is -3.49. The summed E-state index contributed by atoms with van der Waals surface area (Å²) >= 11 is 0. The highest BCUT2D eigenvalue weighted by molar-refractivity contribution is 7.92. The van der Waals surface area contributed by atoms with E-state index in [4.69, 9.17) is 9.47 Å². The first kappa shape index (κ1) is 20.6. The van der Waals surface area contributed by atoms with E-state index in [-0.39, 0.29) is 25.4 Å². The van der Waals surface area contributed by atoms with Crippen LogP contribution in [0.25, 0.3) is 0 Å². The first-order chi connectivity index (χ1) is 12.8. The number of rotatable bonds is 9. The number of ether oxygens (including phenoxy) is 2. The monoisotopic (exact) mass is 392 g/mol. The predicted octanol–water partition coefficient (Wildman–Crippen LogP) is 1.83. The van der Waals surface area contributed by atoms with Crippen LogP contribution in [0.5, 0.6) is 11.5 Å². The zero-order valence-corrected chi connectivity index (χ0v) is 16.5. The normalized spacial score (nSPS) is 10.9. The van der Waals surface area contributed by atoms with Gasteiger partial charge < -0.3 is 14.8 Å². The Bertz CT molecular complexity index is 866. The fourth-order valence-corrected chi connectivity index (χ4v) is 3.46. The molecule has 1 N–H and O–H groups in total. The van der Waals surface area contributed by atoms with Gasteiger partial charge in [-0.05, 0) is 29.8 Å². The maximum absolute atomic E-state index is 12.1. The molecule has 0 saturated heterocycles. The predicted molar refractivity (Wildman–Crippen MR) is 105 cm³/mol. The first-order valence-corrected chi connectivity index (χ1v) is 10.2. The molecule has 0 aliphatic heterocycles. The fourth-order valence-electron chi connectivity index (χ4n) is 2.54. The summed E-state index contributed by atoms with van der Waals surface area (Å²) in [4.78, 5) is 12.1. The molecule has 0 aromatic heterocycles. The van der Waals surface area contributed by atoms with Crippen LogP contribution in [0.2, 0.25) is 0 Å². The molecular formula is C19H24N2O5S. The Hall–Kier alpha value is -2.74. The van der Waals surface area contributed by atoms with E-state index >= 15 is 0 Å². The smallest absolute Gasteiger partial charge is 0.232 e. The van der Waals surface area contributed by atoms with Crippen LogP contribution in [-0.4, -0.2) is 47.9 Å². The van der Waals surface area contributed by atoms with Gasteiger partial charge in [-0.3, -0.25) is 9.10 Å². The molecule has 0 atom stereocenters. The molecular weight excluding hydrogens is 368 g/mol. The summed E-state index contributed by atoms with van der Waals surface area (Å²) in [5, 5.41) is 2.75. The van der Waals surface area contributed by atoms with Gasteiger partial charge in [0.15, 0.2) is 0 Å². The third-order valence-corrected chi connectivity index (χ3v) is 5.10. The van der Waals surface area contributed by atoms with Crippen LogP contribution >= 0.6 is 0 Å². The van der Waals surface area contributed by atoms with Gasteiger partial charge in [-0.25, -0.2) is 8.42 Å². The maximum atomic E-state index is 12.1. The van der Waals surface area contributed by atoms with Crippen LogP contribution in [0.1, 0.15) is 5.56 Å². The summed E-state index contributed by atoms with van der Waals surface area (Å²) in [6.07, 6.45) is 1.34. The summed E-state index contributed by atoms with van der Waals surface area (Å²) in [5.74, 6) is 1.10. The van der Waals surface area contributed by atoms with Crippen molar-refractivity contribution >= 4 is 21.6 Å². The lowest BCUT2D eigenvalue weighted by molar-refractivity contribution is -0.120. The minimum Gasteiger partial charge on any atom is -0.497 e. The Morgan fingerprint density at radius 3 is 2.30 bits per heavy atom. The standard InChI is InChI=1S/C19H24N2O5S/c1-25-17-9-7-15(8-10-17)13-19(22)20-11-12-21(27(3,23)24)16-5-4-6-18(14-16)26-2/h4-10,14H,11-13H2,1-3H3,(H,20,22). The molecule has 146 valence electrons. The summed E-state index contributed by atoms with van der Waals surface area (Å²) in [5.41, 5.74) is 1.34. The molecule has 0 spiro atoms. The molecule has 8 heteroatoms. The number of methoxy groups -OCH3 is 2. The third kappa shape index (κ3) is 6.18. The van der Waals surface area contributed by atoms with Crippen LogP contribution in [0, 0.1) is 0 Å². The Balaban J connectivity index is 1.95. The van der Waals surface area contributed by atoms with Gasteiger partial charge in [0.05, 0.1) is 39.1 Å². The highest BCUT2D eigenvalue weighted by Gasteiger charge is 2.18. The lowest BCUT2D eigenvalue weighted by Gasteiger charge is -2.23. The summed E-state index contributed by atoms with van der Waals surface area (Å²) < 4.78 is 35.7. The highest BCUT2D eigenvalue weighted by atomic mass is 32.2. The van der Waals surface area contributed by atoms with Crippen molar-refractivity contribution in [3.05, 3.63) is 54.1 Å². The van der Waals surface area contributed by atoms with E-state index in [0.717, 1.165) is 17.6 Å². The topological polar surface area (TPSA) is 84.9 Å². The van der Waals surface area contributed by atoms with Gasteiger partial charge in [0.2, 0.25) is 15.9 Å². The number of anilines is 1. The van der Waals surface area contributed by atoms with Crippen LogP contribution < -0.4 is 19.1 Å². The Kier molecular flexibility index (Phi) is 7.06. The van der Waals surface area contributed by atoms with Crippen molar-refractivity contribution in [2.45, 2.75) is 6.42 Å². The number of carbonyl (C=O) groups is 1. The van der Waals surface area contributed by atoms with Gasteiger partial charge in [0.1, 0.15) is 11.5 Å². The van der Waals surface area contributed by atoms with E-state index in [0.29, 0.717) is 11.4 Å². The number of nitrogens with zero attached hydrogens (tertiary/aromatic N) is 1. The molecule has 0 bridgehead atoms. The number of nitrogens with one attached hydrogen (secondary N) is 1. The van der Waals surface area contributed by atoms with Gasteiger partial charge in [0, 0.05) is 12.6 Å². The van der Waals surface area contributed by atoms with Crippen molar-refractivity contribution < 1.29 is 22.7 Å². The largest absolute Gasteiger partial charge is 0.497 e. The maximum Gasteiger partial charge on any atom is 0.232 e. The number of amides is 1. The summed E-state index contributed by atoms with van der Waals surface area (Å²) in [6, 6.07) is 14.0. The number of carbonyl (C=O) groups excluding carboxylic acids is 1. The SMILES string of the molecule is COc1ccc(CC(=O)NCCN(c2cccc(OC)c2)S(C)(=O)=O)cc1. The van der Waals surface area contributed by atoms with E-state index in [1.54, 1.807) is 43.5 Å². The molecule has 2 aromatic carbocycles. The van der Waals surface area contributed by atoms with E-state index in [1.807, 2.05) is 12.1 Å². The molecule has 0 radical (unpaired) electrons. The van der Waals surface area contributed by atoms with Gasteiger partial charge >= 0.3 is 0 Å². The van der Waals surface area contributed by atoms with E-state index in [2.05, 4.69) is 5.32 Å². The molecule has 27 heavy (non-hydrogen) atoms. The average molecular weight is 392 g/mol. The van der Waals surface area contributed by atoms with Crippen LogP contribution in [0.4, 0.5) is 5.69 Å². The second-order valence-corrected chi connectivity index (χ2v) is 7.82. The number of benzene rings is 2. The lowest BCUT2D eigenvalue weighted by atomic mass is 10.1. The van der Waals surface area contributed by atoms with Gasteiger partial charge in [-0.2, -0.15) is 0 Å². The van der Waals surface area contributed by atoms with Crippen molar-refractivity contribution in [2.24, 2.45) is 0 Å². The molecule has 0 saturated carbocycles. The van der Waals surface area contributed by atoms with Crippen LogP contribution in [-0.2, 0) is 21.2 Å². The zero-order valence-electron chi connectivity index (χ0n) is 15.6. The van der Waals surface area contributed by atoms with E-state index in [1.165, 1.54) is 11.4 Å². The number of hydrogen-bond acceptors (Lipinski definition) is 5. The summed E-state index contributed by atoms with van der Waals surface area (Å²) in [6.45, 7) is 0.319. The Labute approximate surface area is 160 Å². The second kappa shape index (κ2) is 9.27. The summed E-state index contributed by atoms with van der Waals surface area (Å²) in [7, 11) is -0.397. The second-order valence-electron chi connectivity index (χ2n) is 5.91. The van der Waals surface area contributed by atoms with E-state index < -0.39 is 10.0 Å². The van der Waals surface area contributed by atoms with Crippen molar-refractivity contribution in [3.8, 4) is 11.5 Å². The zero-order chi connectivity index (χ0) is 19.9. The third-order valence-electron chi connectivity index (χ3n) is 3.90. The Morgan fingerprint density at radius 2 is 1.70 bits per heavy atom. The molecule has 0 heterocycles. The van der Waals surface area contributed by atoms with Gasteiger partial charge in [-0.15, -0.1) is 0 Å². The molecule has 1 amide bonds. The van der Waals surface area contributed by atoms with Crippen molar-refractivity contribution in [1.29, 1.82) is 0 Å². The van der Waals surface area contributed by atoms with Crippen molar-refractivity contribution in [1.82, 2.24) is 5.32 Å². The number of hydrogen-bond donors (Lipinski definition) is 1. The molecule has 0 aliphatic carbocycles. The molecule has 0 unspecified atom stereocenters. The van der Waals surface area contributed by atoms with Crippen molar-refractivity contribution in [2.75, 3.05) is 37.9 Å². The molecule has 2 aromatic rings. The molecule has 2 rings (SSSR count). The molecule has 7 nitrogen and oxygen atoms in total. The van der Waals surface area contributed by atoms with E-state index in [9.17, 15) is 13.2 Å².